The van der Waals surface area contributed by atoms with Crippen molar-refractivity contribution in [3.05, 3.63) is 59.6 Å². The molecular formula is C27H34ClN5OS. The van der Waals surface area contributed by atoms with Crippen LogP contribution in [0.1, 0.15) is 45.4 Å². The molecule has 35 heavy (non-hydrogen) atoms. The molecule has 1 aliphatic heterocycles. The minimum atomic E-state index is 0.128. The summed E-state index contributed by atoms with van der Waals surface area (Å²) in [5, 5.41) is 13.5. The maximum absolute atomic E-state index is 12.3. The summed E-state index contributed by atoms with van der Waals surface area (Å²) in [7, 11) is 0. The van der Waals surface area contributed by atoms with Crippen molar-refractivity contribution in [2.75, 3.05) is 25.4 Å². The highest BCUT2D eigenvalue weighted by molar-refractivity contribution is 7.99. The predicted octanol–water partition coefficient (Wildman–Crippen LogP) is 5.84. The number of piperidine rings is 1. The molecule has 2 heterocycles. The molecule has 3 aromatic rings. The number of likely N-dealkylation sites (tertiary alicyclic amines) is 1. The first-order valence-corrected chi connectivity index (χ1v) is 13.9. The zero-order valence-corrected chi connectivity index (χ0v) is 21.9. The van der Waals surface area contributed by atoms with Crippen LogP contribution in [0.4, 0.5) is 0 Å². The summed E-state index contributed by atoms with van der Waals surface area (Å²) in [4.78, 5) is 14.8. The Kier molecular flexibility index (Phi) is 9.63. The molecule has 1 aromatic heterocycles. The van der Waals surface area contributed by atoms with E-state index in [-0.39, 0.29) is 5.91 Å². The fraction of sp³-hybridized carbons (Fsp3) is 0.444. The van der Waals surface area contributed by atoms with E-state index in [1.165, 1.54) is 25.8 Å². The van der Waals surface area contributed by atoms with E-state index in [9.17, 15) is 4.79 Å². The van der Waals surface area contributed by atoms with Gasteiger partial charge in [0.25, 0.3) is 0 Å². The molecule has 0 radical (unpaired) electrons. The molecule has 2 aromatic carbocycles. The predicted molar refractivity (Wildman–Crippen MR) is 144 cm³/mol. The van der Waals surface area contributed by atoms with Gasteiger partial charge >= 0.3 is 0 Å². The van der Waals surface area contributed by atoms with Gasteiger partial charge < -0.3 is 10.2 Å². The first-order valence-electron chi connectivity index (χ1n) is 12.5. The van der Waals surface area contributed by atoms with Crippen molar-refractivity contribution in [3.8, 4) is 17.1 Å². The van der Waals surface area contributed by atoms with Gasteiger partial charge in [-0.15, -0.1) is 10.2 Å². The van der Waals surface area contributed by atoms with Crippen molar-refractivity contribution < 1.29 is 4.79 Å². The number of halogens is 1. The summed E-state index contributed by atoms with van der Waals surface area (Å²) in [6.45, 7) is 5.33. The second-order valence-corrected chi connectivity index (χ2v) is 10.5. The van der Waals surface area contributed by atoms with Crippen LogP contribution in [0.2, 0.25) is 5.02 Å². The van der Waals surface area contributed by atoms with Crippen molar-refractivity contribution in [1.29, 1.82) is 0 Å². The zero-order chi connectivity index (χ0) is 24.5. The van der Waals surface area contributed by atoms with E-state index in [2.05, 4.69) is 31.9 Å². The molecule has 0 aliphatic carbocycles. The van der Waals surface area contributed by atoms with Crippen LogP contribution in [-0.2, 0) is 4.79 Å². The number of benzene rings is 2. The number of hydrogen-bond acceptors (Lipinski definition) is 5. The number of rotatable bonds is 11. The SMILES string of the molecule is CC1CCCCN1CCCNC(=O)CCCSc1nnc(-c2ccc(Cl)cc2)n1-c1ccccc1. The van der Waals surface area contributed by atoms with Crippen LogP contribution in [0.3, 0.4) is 0 Å². The smallest absolute Gasteiger partial charge is 0.220 e. The van der Waals surface area contributed by atoms with Crippen LogP contribution in [0, 0.1) is 0 Å². The molecule has 0 bridgehead atoms. The van der Waals surface area contributed by atoms with Gasteiger partial charge in [0.05, 0.1) is 0 Å². The topological polar surface area (TPSA) is 63.1 Å². The lowest BCUT2D eigenvalue weighted by molar-refractivity contribution is -0.121. The minimum Gasteiger partial charge on any atom is -0.356 e. The van der Waals surface area contributed by atoms with Gasteiger partial charge in [0.2, 0.25) is 5.91 Å². The zero-order valence-electron chi connectivity index (χ0n) is 20.3. The van der Waals surface area contributed by atoms with Crippen LogP contribution in [0.5, 0.6) is 0 Å². The summed E-state index contributed by atoms with van der Waals surface area (Å²) in [6.07, 6.45) is 6.26. The normalized spacial score (nSPS) is 16.3. The molecule has 1 atom stereocenters. The number of amides is 1. The van der Waals surface area contributed by atoms with Gasteiger partial charge in [0.1, 0.15) is 0 Å². The van der Waals surface area contributed by atoms with Crippen molar-refractivity contribution in [2.24, 2.45) is 0 Å². The van der Waals surface area contributed by atoms with Crippen molar-refractivity contribution >= 4 is 29.3 Å². The van der Waals surface area contributed by atoms with Crippen LogP contribution >= 0.6 is 23.4 Å². The quantitative estimate of drug-likeness (QED) is 0.259. The third-order valence-electron chi connectivity index (χ3n) is 6.41. The molecule has 1 fully saturated rings. The van der Waals surface area contributed by atoms with Gasteiger partial charge in [0.15, 0.2) is 11.0 Å². The number of nitrogens with one attached hydrogen (secondary N) is 1. The second kappa shape index (κ2) is 13.1. The Morgan fingerprint density at radius 2 is 1.89 bits per heavy atom. The van der Waals surface area contributed by atoms with E-state index >= 15 is 0 Å². The van der Waals surface area contributed by atoms with E-state index in [1.54, 1.807) is 11.8 Å². The summed E-state index contributed by atoms with van der Waals surface area (Å²) < 4.78 is 2.07. The average Bonchev–Trinajstić information content (AvgIpc) is 3.30. The molecule has 0 saturated carbocycles. The van der Waals surface area contributed by atoms with E-state index in [0.29, 0.717) is 17.5 Å². The number of carbonyl (C=O) groups excluding carboxylic acids is 1. The Balaban J connectivity index is 1.26. The average molecular weight is 512 g/mol. The third kappa shape index (κ3) is 7.32. The molecule has 1 aliphatic rings. The van der Waals surface area contributed by atoms with Crippen LogP contribution in [-0.4, -0.2) is 57.0 Å². The van der Waals surface area contributed by atoms with Crippen molar-refractivity contribution in [1.82, 2.24) is 25.0 Å². The Morgan fingerprint density at radius 1 is 1.09 bits per heavy atom. The number of aromatic nitrogens is 3. The molecule has 1 N–H and O–H groups in total. The maximum atomic E-state index is 12.3. The lowest BCUT2D eigenvalue weighted by atomic mass is 10.0. The first-order chi connectivity index (χ1) is 17.1. The lowest BCUT2D eigenvalue weighted by Gasteiger charge is -2.33. The highest BCUT2D eigenvalue weighted by atomic mass is 35.5. The van der Waals surface area contributed by atoms with Gasteiger partial charge in [-0.05, 0) is 75.5 Å². The number of para-hydroxylation sites is 1. The van der Waals surface area contributed by atoms with E-state index in [0.717, 1.165) is 53.9 Å². The number of thioether (sulfide) groups is 1. The summed E-state index contributed by atoms with van der Waals surface area (Å²) in [6, 6.07) is 18.4. The molecule has 6 nitrogen and oxygen atoms in total. The fourth-order valence-corrected chi connectivity index (χ4v) is 5.46. The molecule has 1 unspecified atom stereocenters. The second-order valence-electron chi connectivity index (χ2n) is 9.02. The highest BCUT2D eigenvalue weighted by Gasteiger charge is 2.18. The molecule has 1 saturated heterocycles. The molecule has 186 valence electrons. The van der Waals surface area contributed by atoms with Gasteiger partial charge in [-0.2, -0.15) is 0 Å². The summed E-state index contributed by atoms with van der Waals surface area (Å²) >= 11 is 7.70. The number of hydrogen-bond donors (Lipinski definition) is 1. The maximum Gasteiger partial charge on any atom is 0.220 e. The minimum absolute atomic E-state index is 0.128. The standard InChI is InChI=1S/C27H34ClN5OS/c1-21-9-5-6-18-32(21)19-8-17-29-25(34)12-7-20-35-27-31-30-26(22-13-15-23(28)16-14-22)33(27)24-10-3-2-4-11-24/h2-4,10-11,13-16,21H,5-9,12,17-20H2,1H3,(H,29,34). The van der Waals surface area contributed by atoms with E-state index in [4.69, 9.17) is 11.6 Å². The lowest BCUT2D eigenvalue weighted by Crippen LogP contribution is -2.39. The molecule has 4 rings (SSSR count). The van der Waals surface area contributed by atoms with E-state index < -0.39 is 0 Å². The number of nitrogens with zero attached hydrogens (tertiary/aromatic N) is 4. The largest absolute Gasteiger partial charge is 0.356 e. The van der Waals surface area contributed by atoms with Crippen LogP contribution in [0.15, 0.2) is 59.8 Å². The summed E-state index contributed by atoms with van der Waals surface area (Å²) in [5.41, 5.74) is 1.96. The fourth-order valence-electron chi connectivity index (χ4n) is 4.44. The van der Waals surface area contributed by atoms with Crippen LogP contribution in [0.25, 0.3) is 17.1 Å². The highest BCUT2D eigenvalue weighted by Crippen LogP contribution is 2.29. The Morgan fingerprint density at radius 3 is 2.66 bits per heavy atom. The Labute approximate surface area is 217 Å². The van der Waals surface area contributed by atoms with Crippen LogP contribution < -0.4 is 5.32 Å². The van der Waals surface area contributed by atoms with Gasteiger partial charge in [-0.1, -0.05) is 48.0 Å². The Hall–Kier alpha value is -2.35. The van der Waals surface area contributed by atoms with Gasteiger partial charge in [-0.25, -0.2) is 0 Å². The molecule has 1 amide bonds. The number of carbonyl (C=O) groups is 1. The van der Waals surface area contributed by atoms with Crippen molar-refractivity contribution in [2.45, 2.75) is 56.6 Å². The van der Waals surface area contributed by atoms with Crippen molar-refractivity contribution in [3.63, 3.8) is 0 Å². The third-order valence-corrected chi connectivity index (χ3v) is 7.68. The van der Waals surface area contributed by atoms with Gasteiger partial charge in [-0.3, -0.25) is 9.36 Å². The first kappa shape index (κ1) is 25.7. The molecule has 8 heteroatoms. The van der Waals surface area contributed by atoms with Gasteiger partial charge in [0, 0.05) is 47.6 Å². The Bertz CT molecular complexity index is 1070. The monoisotopic (exact) mass is 511 g/mol. The summed E-state index contributed by atoms with van der Waals surface area (Å²) in [5.74, 6) is 1.70. The molecular weight excluding hydrogens is 478 g/mol. The molecule has 0 spiro atoms. The van der Waals surface area contributed by atoms with E-state index in [1.807, 2.05) is 54.6 Å².